The number of hydrogen-bond acceptors (Lipinski definition) is 2. The second-order valence-corrected chi connectivity index (χ2v) is 5.09. The highest BCUT2D eigenvalue weighted by Crippen LogP contribution is 2.28. The van der Waals surface area contributed by atoms with E-state index in [2.05, 4.69) is 21.0 Å². The van der Waals surface area contributed by atoms with E-state index in [0.717, 1.165) is 36.8 Å². The summed E-state index contributed by atoms with van der Waals surface area (Å²) in [5.74, 6) is -0.262. The molecule has 1 unspecified atom stereocenters. The molecule has 2 aromatic rings. The van der Waals surface area contributed by atoms with Crippen molar-refractivity contribution >= 4 is 26.8 Å². The zero-order valence-corrected chi connectivity index (χ0v) is 10.8. The number of fused-ring (bicyclic) bond motifs is 1. The number of aromatic nitrogens is 2. The molecule has 0 saturated carbocycles. The predicted octanol–water partition coefficient (Wildman–Crippen LogP) is 3.64. The van der Waals surface area contributed by atoms with Crippen molar-refractivity contribution < 1.29 is 9.13 Å². The quantitative estimate of drug-likeness (QED) is 0.804. The minimum absolute atomic E-state index is 0.0152. The molecule has 1 fully saturated rings. The Bertz CT molecular complexity index is 549. The molecule has 1 aromatic heterocycles. The van der Waals surface area contributed by atoms with Gasteiger partial charge in [0.05, 0.1) is 16.2 Å². The Balaban J connectivity index is 2.07. The minimum atomic E-state index is -0.262. The van der Waals surface area contributed by atoms with Gasteiger partial charge in [0.1, 0.15) is 5.82 Å². The number of nitrogens with zero attached hydrogens (tertiary/aromatic N) is 2. The number of benzene rings is 1. The maximum atomic E-state index is 13.4. The molecule has 1 saturated heterocycles. The van der Waals surface area contributed by atoms with Crippen LogP contribution in [0.5, 0.6) is 0 Å². The lowest BCUT2D eigenvalue weighted by atomic mass is 10.2. The first-order chi connectivity index (χ1) is 8.25. The molecule has 17 heavy (non-hydrogen) atoms. The second-order valence-electron chi connectivity index (χ2n) is 4.24. The molecule has 0 bridgehead atoms. The van der Waals surface area contributed by atoms with Crippen molar-refractivity contribution in [2.75, 3.05) is 6.61 Å². The van der Waals surface area contributed by atoms with Crippen LogP contribution in [-0.2, 0) is 4.74 Å². The molecule has 1 aromatic carbocycles. The molecule has 3 rings (SSSR count). The van der Waals surface area contributed by atoms with E-state index in [9.17, 15) is 4.39 Å². The third-order valence-electron chi connectivity index (χ3n) is 3.07. The maximum absolute atomic E-state index is 13.4. The van der Waals surface area contributed by atoms with Crippen LogP contribution in [0.2, 0.25) is 0 Å². The maximum Gasteiger partial charge on any atom is 0.150 e. The van der Waals surface area contributed by atoms with Crippen LogP contribution in [0.25, 0.3) is 10.9 Å². The Morgan fingerprint density at radius 2 is 2.29 bits per heavy atom. The fourth-order valence-corrected chi connectivity index (χ4v) is 2.52. The molecule has 3 nitrogen and oxygen atoms in total. The van der Waals surface area contributed by atoms with Crippen LogP contribution in [0.1, 0.15) is 25.5 Å². The second kappa shape index (κ2) is 4.38. The fourth-order valence-electron chi connectivity index (χ4n) is 2.19. The van der Waals surface area contributed by atoms with Gasteiger partial charge in [-0.05, 0) is 47.3 Å². The van der Waals surface area contributed by atoms with Crippen LogP contribution in [-0.4, -0.2) is 16.4 Å². The number of ether oxygens (including phenoxy) is 1. The summed E-state index contributed by atoms with van der Waals surface area (Å²) in [6, 6.07) is 3.25. The average Bonchev–Trinajstić information content (AvgIpc) is 2.74. The van der Waals surface area contributed by atoms with E-state index in [0.29, 0.717) is 4.47 Å². The van der Waals surface area contributed by atoms with Gasteiger partial charge >= 0.3 is 0 Å². The smallest absolute Gasteiger partial charge is 0.150 e. The van der Waals surface area contributed by atoms with Crippen LogP contribution in [0.4, 0.5) is 4.39 Å². The van der Waals surface area contributed by atoms with Crippen molar-refractivity contribution in [2.45, 2.75) is 25.5 Å². The summed E-state index contributed by atoms with van der Waals surface area (Å²) in [4.78, 5) is 0. The highest BCUT2D eigenvalue weighted by molar-refractivity contribution is 9.10. The summed E-state index contributed by atoms with van der Waals surface area (Å²) < 4.78 is 21.4. The molecule has 0 amide bonds. The number of halogens is 2. The van der Waals surface area contributed by atoms with Crippen molar-refractivity contribution in [2.24, 2.45) is 0 Å². The third kappa shape index (κ3) is 1.98. The minimum Gasteiger partial charge on any atom is -0.356 e. The average molecular weight is 299 g/mol. The SMILES string of the molecule is Fc1cc2cnn(C3CCCCO3)c2cc1Br. The van der Waals surface area contributed by atoms with Gasteiger partial charge in [0, 0.05) is 12.0 Å². The first-order valence-electron chi connectivity index (χ1n) is 5.69. The monoisotopic (exact) mass is 298 g/mol. The van der Waals surface area contributed by atoms with E-state index in [1.54, 1.807) is 12.3 Å². The Hall–Kier alpha value is -0.940. The lowest BCUT2D eigenvalue weighted by Crippen LogP contribution is -2.18. The summed E-state index contributed by atoms with van der Waals surface area (Å²) in [5.41, 5.74) is 0.908. The van der Waals surface area contributed by atoms with Crippen LogP contribution in [0.3, 0.4) is 0 Å². The zero-order chi connectivity index (χ0) is 11.8. The van der Waals surface area contributed by atoms with Crippen molar-refractivity contribution in [3.05, 3.63) is 28.6 Å². The van der Waals surface area contributed by atoms with Gasteiger partial charge in [-0.3, -0.25) is 0 Å². The van der Waals surface area contributed by atoms with E-state index < -0.39 is 0 Å². The van der Waals surface area contributed by atoms with Gasteiger partial charge in [-0.1, -0.05) is 0 Å². The molecular formula is C12H12BrFN2O. The molecule has 0 radical (unpaired) electrons. The Kier molecular flexibility index (Phi) is 2.88. The number of hydrogen-bond donors (Lipinski definition) is 0. The van der Waals surface area contributed by atoms with Crippen molar-refractivity contribution in [3.63, 3.8) is 0 Å². The van der Waals surface area contributed by atoms with Gasteiger partial charge in [0.2, 0.25) is 0 Å². The molecular weight excluding hydrogens is 287 g/mol. The van der Waals surface area contributed by atoms with Gasteiger partial charge in [-0.25, -0.2) is 9.07 Å². The molecule has 1 aliphatic heterocycles. The van der Waals surface area contributed by atoms with Crippen molar-refractivity contribution in [1.29, 1.82) is 0 Å². The lowest BCUT2D eigenvalue weighted by Gasteiger charge is -2.23. The van der Waals surface area contributed by atoms with Gasteiger partial charge < -0.3 is 4.74 Å². The summed E-state index contributed by atoms with van der Waals surface area (Å²) >= 11 is 3.20. The molecule has 1 aliphatic rings. The van der Waals surface area contributed by atoms with E-state index in [-0.39, 0.29) is 12.0 Å². The van der Waals surface area contributed by atoms with Gasteiger partial charge in [-0.15, -0.1) is 0 Å². The van der Waals surface area contributed by atoms with E-state index >= 15 is 0 Å². The summed E-state index contributed by atoms with van der Waals surface area (Å²) in [7, 11) is 0. The Labute approximate surface area is 107 Å². The highest BCUT2D eigenvalue weighted by Gasteiger charge is 2.19. The lowest BCUT2D eigenvalue weighted by molar-refractivity contribution is -0.0366. The normalized spacial score (nSPS) is 20.9. The molecule has 0 aliphatic carbocycles. The fraction of sp³-hybridized carbons (Fsp3) is 0.417. The first kappa shape index (κ1) is 11.2. The topological polar surface area (TPSA) is 27.1 Å². The van der Waals surface area contributed by atoms with Crippen LogP contribution >= 0.6 is 15.9 Å². The summed E-state index contributed by atoms with van der Waals surface area (Å²) in [5, 5.41) is 5.11. The van der Waals surface area contributed by atoms with Crippen molar-refractivity contribution in [3.8, 4) is 0 Å². The standard InChI is InChI=1S/C12H12BrFN2O/c13-9-6-11-8(5-10(9)14)7-15-16(11)12-3-1-2-4-17-12/h5-7,12H,1-4H2. The summed E-state index contributed by atoms with van der Waals surface area (Å²) in [6.07, 6.45) is 4.88. The molecule has 1 atom stereocenters. The molecule has 2 heterocycles. The Morgan fingerprint density at radius 1 is 1.41 bits per heavy atom. The molecule has 5 heteroatoms. The van der Waals surface area contributed by atoms with Crippen LogP contribution in [0, 0.1) is 5.82 Å². The highest BCUT2D eigenvalue weighted by atomic mass is 79.9. The zero-order valence-electron chi connectivity index (χ0n) is 9.20. The number of rotatable bonds is 1. The van der Waals surface area contributed by atoms with Gasteiger partial charge in [-0.2, -0.15) is 5.10 Å². The van der Waals surface area contributed by atoms with E-state index in [4.69, 9.17) is 4.74 Å². The third-order valence-corrected chi connectivity index (χ3v) is 3.67. The first-order valence-corrected chi connectivity index (χ1v) is 6.49. The van der Waals surface area contributed by atoms with Crippen LogP contribution < -0.4 is 0 Å². The van der Waals surface area contributed by atoms with Gasteiger partial charge in [0.25, 0.3) is 0 Å². The van der Waals surface area contributed by atoms with Crippen molar-refractivity contribution in [1.82, 2.24) is 9.78 Å². The van der Waals surface area contributed by atoms with Gasteiger partial charge in [0.15, 0.2) is 6.23 Å². The largest absolute Gasteiger partial charge is 0.356 e. The summed E-state index contributed by atoms with van der Waals surface area (Å²) in [6.45, 7) is 0.772. The predicted molar refractivity (Wildman–Crippen MR) is 66.2 cm³/mol. The molecule has 0 N–H and O–H groups in total. The van der Waals surface area contributed by atoms with E-state index in [1.807, 2.05) is 4.68 Å². The molecule has 90 valence electrons. The van der Waals surface area contributed by atoms with Crippen LogP contribution in [0.15, 0.2) is 22.8 Å². The molecule has 0 spiro atoms. The van der Waals surface area contributed by atoms with E-state index in [1.165, 1.54) is 6.07 Å². The Morgan fingerprint density at radius 3 is 3.06 bits per heavy atom.